The van der Waals surface area contributed by atoms with Crippen LogP contribution in [0.1, 0.15) is 35.6 Å². The fourth-order valence-corrected chi connectivity index (χ4v) is 3.31. The molecule has 2 heterocycles. The predicted octanol–water partition coefficient (Wildman–Crippen LogP) is 2.37. The molecule has 0 radical (unpaired) electrons. The fourth-order valence-electron chi connectivity index (χ4n) is 3.31. The number of ether oxygens (including phenoxy) is 1. The minimum atomic E-state index is -0.923. The molecule has 3 rings (SSSR count). The van der Waals surface area contributed by atoms with Gasteiger partial charge in [-0.25, -0.2) is 0 Å². The van der Waals surface area contributed by atoms with Gasteiger partial charge in [0.05, 0.1) is 5.69 Å². The molecule has 1 aromatic heterocycles. The summed E-state index contributed by atoms with van der Waals surface area (Å²) in [6.45, 7) is 5.21. The second-order valence-electron chi connectivity index (χ2n) is 7.05. The number of amides is 1. The molecule has 7 nitrogen and oxygen atoms in total. The molecule has 1 fully saturated rings. The van der Waals surface area contributed by atoms with Gasteiger partial charge in [-0.05, 0) is 56.0 Å². The van der Waals surface area contributed by atoms with Crippen LogP contribution in [0.4, 0.5) is 0 Å². The highest BCUT2D eigenvalue weighted by atomic mass is 16.5. The molecule has 1 unspecified atom stereocenters. The number of aromatic nitrogens is 2. The molecule has 0 bridgehead atoms. The summed E-state index contributed by atoms with van der Waals surface area (Å²) in [4.78, 5) is 25.2. The van der Waals surface area contributed by atoms with Crippen molar-refractivity contribution in [2.45, 2.75) is 39.2 Å². The van der Waals surface area contributed by atoms with E-state index < -0.39 is 5.97 Å². The molecule has 1 aromatic carbocycles. The highest BCUT2D eigenvalue weighted by molar-refractivity contribution is 5.78. The quantitative estimate of drug-likeness (QED) is 0.843. The number of nitrogens with zero attached hydrogens (tertiary/aromatic N) is 3. The second kappa shape index (κ2) is 8.24. The van der Waals surface area contributed by atoms with E-state index in [1.807, 2.05) is 43.0 Å². The van der Waals surface area contributed by atoms with Gasteiger partial charge < -0.3 is 14.7 Å². The van der Waals surface area contributed by atoms with E-state index in [4.69, 9.17) is 9.84 Å². The maximum atomic E-state index is 12.5. The van der Waals surface area contributed by atoms with Gasteiger partial charge >= 0.3 is 5.97 Å². The van der Waals surface area contributed by atoms with E-state index in [0.717, 1.165) is 24.1 Å². The van der Waals surface area contributed by atoms with Gasteiger partial charge in [-0.2, -0.15) is 5.10 Å². The van der Waals surface area contributed by atoms with Crippen LogP contribution < -0.4 is 4.74 Å². The smallest absolute Gasteiger partial charge is 0.325 e. The molecule has 1 aliphatic heterocycles. The van der Waals surface area contributed by atoms with E-state index in [1.54, 1.807) is 6.20 Å². The van der Waals surface area contributed by atoms with Crippen LogP contribution in [0.15, 0.2) is 30.5 Å². The summed E-state index contributed by atoms with van der Waals surface area (Å²) >= 11 is 0. The lowest BCUT2D eigenvalue weighted by Gasteiger charge is -2.32. The molecular weight excluding hydrogens is 346 g/mol. The average molecular weight is 371 g/mol. The second-order valence-corrected chi connectivity index (χ2v) is 7.05. The number of rotatable bonds is 6. The van der Waals surface area contributed by atoms with Crippen molar-refractivity contribution in [3.05, 3.63) is 47.3 Å². The van der Waals surface area contributed by atoms with E-state index in [0.29, 0.717) is 18.8 Å². The summed E-state index contributed by atoms with van der Waals surface area (Å²) in [6, 6.07) is 7.65. The van der Waals surface area contributed by atoms with Gasteiger partial charge in [-0.3, -0.25) is 14.3 Å². The first-order chi connectivity index (χ1) is 12.9. The number of aryl methyl sites for hydroxylation is 2. The van der Waals surface area contributed by atoms with Crippen molar-refractivity contribution in [2.75, 3.05) is 19.7 Å². The van der Waals surface area contributed by atoms with Crippen molar-refractivity contribution in [2.24, 2.45) is 0 Å². The Bertz CT molecular complexity index is 830. The summed E-state index contributed by atoms with van der Waals surface area (Å²) in [7, 11) is 0. The number of carboxylic acid groups (broad SMARTS) is 1. The molecule has 0 spiro atoms. The molecule has 0 saturated carbocycles. The lowest BCUT2D eigenvalue weighted by atomic mass is 9.95. The first-order valence-electron chi connectivity index (χ1n) is 9.15. The third-order valence-electron chi connectivity index (χ3n) is 4.99. The molecule has 1 atom stereocenters. The number of likely N-dealkylation sites (tertiary alicyclic amines) is 1. The largest absolute Gasteiger partial charge is 0.484 e. The zero-order chi connectivity index (χ0) is 19.4. The van der Waals surface area contributed by atoms with Gasteiger partial charge in [0, 0.05) is 25.2 Å². The predicted molar refractivity (Wildman–Crippen MR) is 99.8 cm³/mol. The Morgan fingerprint density at radius 1 is 1.26 bits per heavy atom. The van der Waals surface area contributed by atoms with Crippen molar-refractivity contribution in [1.29, 1.82) is 0 Å². The van der Waals surface area contributed by atoms with Gasteiger partial charge in [0.25, 0.3) is 5.91 Å². The van der Waals surface area contributed by atoms with Crippen LogP contribution in [0.5, 0.6) is 5.75 Å². The molecule has 1 amide bonds. The molecule has 1 aliphatic rings. The Labute approximate surface area is 158 Å². The van der Waals surface area contributed by atoms with Gasteiger partial charge in [0.1, 0.15) is 12.3 Å². The summed E-state index contributed by atoms with van der Waals surface area (Å²) in [5.74, 6) is -0.136. The summed E-state index contributed by atoms with van der Waals surface area (Å²) in [5, 5.41) is 13.2. The van der Waals surface area contributed by atoms with E-state index >= 15 is 0 Å². The number of carbonyl (C=O) groups excluding carboxylic acids is 1. The minimum Gasteiger partial charge on any atom is -0.484 e. The van der Waals surface area contributed by atoms with Gasteiger partial charge in [0.15, 0.2) is 6.61 Å². The van der Waals surface area contributed by atoms with Crippen LogP contribution in [-0.4, -0.2) is 51.4 Å². The number of carbonyl (C=O) groups is 2. The molecule has 144 valence electrons. The van der Waals surface area contributed by atoms with Crippen molar-refractivity contribution in [3.63, 3.8) is 0 Å². The van der Waals surface area contributed by atoms with Gasteiger partial charge in [-0.1, -0.05) is 6.07 Å². The first kappa shape index (κ1) is 18.9. The maximum Gasteiger partial charge on any atom is 0.325 e. The molecule has 1 saturated heterocycles. The maximum absolute atomic E-state index is 12.5. The molecule has 0 aliphatic carbocycles. The van der Waals surface area contributed by atoms with E-state index in [1.165, 1.54) is 10.2 Å². The fraction of sp³-hybridized carbons (Fsp3) is 0.450. The van der Waals surface area contributed by atoms with E-state index in [2.05, 4.69) is 5.10 Å². The molecule has 7 heteroatoms. The zero-order valence-electron chi connectivity index (χ0n) is 15.7. The molecule has 2 aromatic rings. The molecule has 27 heavy (non-hydrogen) atoms. The topological polar surface area (TPSA) is 84.7 Å². The molecular formula is C20H25N3O4. The Balaban J connectivity index is 1.56. The third kappa shape index (κ3) is 4.87. The van der Waals surface area contributed by atoms with Crippen LogP contribution in [0.25, 0.3) is 0 Å². The van der Waals surface area contributed by atoms with Crippen molar-refractivity contribution < 1.29 is 19.4 Å². The first-order valence-corrected chi connectivity index (χ1v) is 9.15. The van der Waals surface area contributed by atoms with Crippen molar-refractivity contribution in [3.8, 4) is 5.75 Å². The highest BCUT2D eigenvalue weighted by Gasteiger charge is 2.26. The van der Waals surface area contributed by atoms with Crippen LogP contribution >= 0.6 is 0 Å². The van der Waals surface area contributed by atoms with Crippen LogP contribution in [-0.2, 0) is 16.1 Å². The van der Waals surface area contributed by atoms with Crippen molar-refractivity contribution >= 4 is 11.9 Å². The van der Waals surface area contributed by atoms with Crippen LogP contribution in [0, 0.1) is 13.8 Å². The summed E-state index contributed by atoms with van der Waals surface area (Å²) in [5.41, 5.74) is 3.16. The standard InChI is InChI=1S/C20H25N3O4/c1-14-5-6-17(10-15(14)2)27-13-19(24)22-8-3-4-16(11-22)18-7-9-23(21-18)12-20(25)26/h5-7,9-10,16H,3-4,8,11-13H2,1-2H3,(H,25,26). The number of hydrogen-bond acceptors (Lipinski definition) is 4. The molecule has 1 N–H and O–H groups in total. The van der Waals surface area contributed by atoms with Gasteiger partial charge in [-0.15, -0.1) is 0 Å². The number of aliphatic carboxylic acids is 1. The number of hydrogen-bond donors (Lipinski definition) is 1. The summed E-state index contributed by atoms with van der Waals surface area (Å²) in [6.07, 6.45) is 3.50. The van der Waals surface area contributed by atoms with Crippen LogP contribution in [0.2, 0.25) is 0 Å². The Hall–Kier alpha value is -2.83. The monoisotopic (exact) mass is 371 g/mol. The van der Waals surface area contributed by atoms with Gasteiger partial charge in [0.2, 0.25) is 0 Å². The van der Waals surface area contributed by atoms with E-state index in [9.17, 15) is 9.59 Å². The Morgan fingerprint density at radius 2 is 2.07 bits per heavy atom. The lowest BCUT2D eigenvalue weighted by Crippen LogP contribution is -2.41. The van der Waals surface area contributed by atoms with Crippen LogP contribution in [0.3, 0.4) is 0 Å². The third-order valence-corrected chi connectivity index (χ3v) is 4.99. The number of benzene rings is 1. The zero-order valence-corrected chi connectivity index (χ0v) is 15.7. The minimum absolute atomic E-state index is 0.0165. The normalized spacial score (nSPS) is 17.0. The summed E-state index contributed by atoms with van der Waals surface area (Å²) < 4.78 is 7.09. The van der Waals surface area contributed by atoms with E-state index in [-0.39, 0.29) is 25.0 Å². The average Bonchev–Trinajstić information content (AvgIpc) is 3.10. The van der Waals surface area contributed by atoms with Crippen molar-refractivity contribution in [1.82, 2.24) is 14.7 Å². The lowest BCUT2D eigenvalue weighted by molar-refractivity contribution is -0.138. The number of carboxylic acids is 1. The number of piperidine rings is 1. The SMILES string of the molecule is Cc1ccc(OCC(=O)N2CCCC(c3ccn(CC(=O)O)n3)C2)cc1C. The Kier molecular flexibility index (Phi) is 5.78. The Morgan fingerprint density at radius 3 is 2.81 bits per heavy atom. The highest BCUT2D eigenvalue weighted by Crippen LogP contribution is 2.26.